The minimum Gasteiger partial charge on any atom is -0.444 e. The number of hydrogen-bond acceptors (Lipinski definition) is 7. The SMILES string of the molecule is Cc1oc(NC(=O)C(C)n2c(N)nnc2SCCc2ccccc2)c(C#N)c1C. The Kier molecular flexibility index (Phi) is 6.24. The van der Waals surface area contributed by atoms with E-state index in [1.165, 1.54) is 17.3 Å². The molecule has 1 unspecified atom stereocenters. The number of thioether (sulfide) groups is 1. The predicted molar refractivity (Wildman–Crippen MR) is 112 cm³/mol. The number of carbonyl (C=O) groups excluding carboxylic acids is 1. The molecule has 29 heavy (non-hydrogen) atoms. The monoisotopic (exact) mass is 410 g/mol. The van der Waals surface area contributed by atoms with E-state index in [-0.39, 0.29) is 17.7 Å². The van der Waals surface area contributed by atoms with Gasteiger partial charge in [0.15, 0.2) is 5.16 Å². The number of nitrogens with two attached hydrogens (primary N) is 1. The number of hydrogen-bond donors (Lipinski definition) is 2. The third-order valence-corrected chi connectivity index (χ3v) is 5.60. The van der Waals surface area contributed by atoms with Crippen molar-refractivity contribution in [2.75, 3.05) is 16.8 Å². The number of carbonyl (C=O) groups is 1. The number of rotatable bonds is 7. The number of benzene rings is 1. The number of nitrogens with one attached hydrogen (secondary N) is 1. The van der Waals surface area contributed by atoms with Crippen LogP contribution < -0.4 is 11.1 Å². The van der Waals surface area contributed by atoms with Gasteiger partial charge in [-0.1, -0.05) is 42.1 Å². The van der Waals surface area contributed by atoms with E-state index in [1.54, 1.807) is 25.3 Å². The van der Waals surface area contributed by atoms with Crippen molar-refractivity contribution in [1.82, 2.24) is 14.8 Å². The lowest BCUT2D eigenvalue weighted by molar-refractivity contribution is -0.119. The average Bonchev–Trinajstić information content (AvgIpc) is 3.21. The Morgan fingerprint density at radius 3 is 2.76 bits per heavy atom. The summed E-state index contributed by atoms with van der Waals surface area (Å²) in [6.07, 6.45) is 0.856. The Bertz CT molecular complexity index is 1050. The molecule has 0 radical (unpaired) electrons. The average molecular weight is 411 g/mol. The Morgan fingerprint density at radius 2 is 2.07 bits per heavy atom. The molecule has 0 bridgehead atoms. The van der Waals surface area contributed by atoms with E-state index in [1.807, 2.05) is 18.2 Å². The molecule has 0 fully saturated rings. The van der Waals surface area contributed by atoms with Crippen LogP contribution in [0.1, 0.15) is 35.4 Å². The van der Waals surface area contributed by atoms with Crippen molar-refractivity contribution in [3.8, 4) is 6.07 Å². The number of nitrogens with zero attached hydrogens (tertiary/aromatic N) is 4. The van der Waals surface area contributed by atoms with Crippen LogP contribution in [0.2, 0.25) is 0 Å². The molecule has 0 spiro atoms. The van der Waals surface area contributed by atoms with E-state index in [0.29, 0.717) is 22.0 Å². The van der Waals surface area contributed by atoms with Gasteiger partial charge >= 0.3 is 0 Å². The molecular formula is C20H22N6O2S. The number of amides is 1. The fourth-order valence-corrected chi connectivity index (χ4v) is 3.85. The van der Waals surface area contributed by atoms with Crippen LogP contribution in [-0.4, -0.2) is 26.4 Å². The first-order valence-corrected chi connectivity index (χ1v) is 10.1. The van der Waals surface area contributed by atoms with Gasteiger partial charge in [0, 0.05) is 11.3 Å². The highest BCUT2D eigenvalue weighted by Gasteiger charge is 2.25. The molecular weight excluding hydrogens is 388 g/mol. The first kappa shape index (κ1) is 20.5. The first-order valence-electron chi connectivity index (χ1n) is 9.10. The highest BCUT2D eigenvalue weighted by atomic mass is 32.2. The number of nitrogen functional groups attached to an aromatic ring is 1. The summed E-state index contributed by atoms with van der Waals surface area (Å²) in [7, 11) is 0. The lowest BCUT2D eigenvalue weighted by Gasteiger charge is -2.15. The minimum atomic E-state index is -0.679. The van der Waals surface area contributed by atoms with Crippen LogP contribution in [0.4, 0.5) is 11.8 Å². The number of nitriles is 1. The van der Waals surface area contributed by atoms with Gasteiger partial charge in [0.25, 0.3) is 0 Å². The summed E-state index contributed by atoms with van der Waals surface area (Å²) in [5.74, 6) is 1.29. The van der Waals surface area contributed by atoms with Crippen molar-refractivity contribution in [3.63, 3.8) is 0 Å². The minimum absolute atomic E-state index is 0.143. The predicted octanol–water partition coefficient (Wildman–Crippen LogP) is 3.48. The van der Waals surface area contributed by atoms with Crippen molar-refractivity contribution in [1.29, 1.82) is 5.26 Å². The Morgan fingerprint density at radius 1 is 1.34 bits per heavy atom. The van der Waals surface area contributed by atoms with E-state index < -0.39 is 6.04 Å². The molecule has 8 nitrogen and oxygen atoms in total. The van der Waals surface area contributed by atoms with Crippen molar-refractivity contribution in [3.05, 3.63) is 52.8 Å². The van der Waals surface area contributed by atoms with E-state index >= 15 is 0 Å². The highest BCUT2D eigenvalue weighted by molar-refractivity contribution is 7.99. The van der Waals surface area contributed by atoms with Crippen LogP contribution in [0.3, 0.4) is 0 Å². The molecule has 1 aromatic carbocycles. The first-order chi connectivity index (χ1) is 13.9. The number of anilines is 2. The van der Waals surface area contributed by atoms with Gasteiger partial charge < -0.3 is 10.2 Å². The van der Waals surface area contributed by atoms with Gasteiger partial charge in [-0.25, -0.2) is 0 Å². The summed E-state index contributed by atoms with van der Waals surface area (Å²) in [6.45, 7) is 5.22. The fourth-order valence-electron chi connectivity index (χ4n) is 2.84. The molecule has 1 atom stereocenters. The molecule has 150 valence electrons. The van der Waals surface area contributed by atoms with Gasteiger partial charge in [0.1, 0.15) is 23.4 Å². The number of aryl methyl sites for hydroxylation is 2. The maximum atomic E-state index is 12.8. The normalized spacial score (nSPS) is 11.8. The molecule has 3 aromatic rings. The number of furan rings is 1. The molecule has 3 N–H and O–H groups in total. The van der Waals surface area contributed by atoms with Gasteiger partial charge in [-0.15, -0.1) is 10.2 Å². The molecule has 2 aromatic heterocycles. The largest absolute Gasteiger partial charge is 0.444 e. The number of aromatic nitrogens is 3. The smallest absolute Gasteiger partial charge is 0.249 e. The van der Waals surface area contributed by atoms with Gasteiger partial charge in [-0.05, 0) is 32.8 Å². The molecule has 1 amide bonds. The summed E-state index contributed by atoms with van der Waals surface area (Å²) in [5, 5.41) is 20.6. The molecule has 2 heterocycles. The van der Waals surface area contributed by atoms with Crippen molar-refractivity contribution < 1.29 is 9.21 Å². The summed E-state index contributed by atoms with van der Waals surface area (Å²) in [5.41, 5.74) is 8.20. The van der Waals surface area contributed by atoms with Crippen molar-refractivity contribution in [2.24, 2.45) is 0 Å². The van der Waals surface area contributed by atoms with E-state index in [2.05, 4.69) is 33.7 Å². The second-order valence-corrected chi connectivity index (χ2v) is 7.62. The standard InChI is InChI=1S/C20H22N6O2S/c1-12-14(3)28-18(16(12)11-21)23-17(27)13(2)26-19(22)24-25-20(26)29-10-9-15-7-5-4-6-8-15/h4-8,13H,9-10H2,1-3H3,(H2,22,24)(H,23,27). The van der Waals surface area contributed by atoms with Crippen LogP contribution in [-0.2, 0) is 11.2 Å². The van der Waals surface area contributed by atoms with Gasteiger partial charge in [0.05, 0.1) is 0 Å². The van der Waals surface area contributed by atoms with Gasteiger partial charge in [0.2, 0.25) is 17.7 Å². The zero-order chi connectivity index (χ0) is 21.0. The summed E-state index contributed by atoms with van der Waals surface area (Å²) >= 11 is 1.48. The maximum Gasteiger partial charge on any atom is 0.249 e. The van der Waals surface area contributed by atoms with Crippen LogP contribution in [0, 0.1) is 25.2 Å². The second-order valence-electron chi connectivity index (χ2n) is 6.56. The van der Waals surface area contributed by atoms with Crippen molar-refractivity contribution >= 4 is 29.5 Å². The van der Waals surface area contributed by atoms with Crippen LogP contribution in [0.15, 0.2) is 39.9 Å². The van der Waals surface area contributed by atoms with E-state index in [0.717, 1.165) is 12.2 Å². The molecule has 9 heteroatoms. The molecule has 0 saturated carbocycles. The molecule has 0 aliphatic carbocycles. The molecule has 0 aliphatic rings. The highest BCUT2D eigenvalue weighted by Crippen LogP contribution is 2.28. The van der Waals surface area contributed by atoms with E-state index in [9.17, 15) is 10.1 Å². The van der Waals surface area contributed by atoms with Crippen LogP contribution in [0.5, 0.6) is 0 Å². The maximum absolute atomic E-state index is 12.8. The second kappa shape index (κ2) is 8.84. The lowest BCUT2D eigenvalue weighted by Crippen LogP contribution is -2.25. The third-order valence-electron chi connectivity index (χ3n) is 4.66. The quantitative estimate of drug-likeness (QED) is 0.572. The summed E-state index contributed by atoms with van der Waals surface area (Å²) < 4.78 is 7.10. The Labute approximate surface area is 173 Å². The Hall–Kier alpha value is -3.25. The van der Waals surface area contributed by atoms with Crippen LogP contribution in [0.25, 0.3) is 0 Å². The topological polar surface area (TPSA) is 123 Å². The zero-order valence-electron chi connectivity index (χ0n) is 16.5. The summed E-state index contributed by atoms with van der Waals surface area (Å²) in [4.78, 5) is 12.8. The Balaban J connectivity index is 1.71. The van der Waals surface area contributed by atoms with Crippen LogP contribution >= 0.6 is 11.8 Å². The summed E-state index contributed by atoms with van der Waals surface area (Å²) in [6, 6.07) is 11.5. The molecule has 3 rings (SSSR count). The fraction of sp³-hybridized carbons (Fsp3) is 0.300. The van der Waals surface area contributed by atoms with Crippen molar-refractivity contribution in [2.45, 2.75) is 38.4 Å². The zero-order valence-corrected chi connectivity index (χ0v) is 17.3. The lowest BCUT2D eigenvalue weighted by atomic mass is 10.2. The van der Waals surface area contributed by atoms with Gasteiger partial charge in [-0.2, -0.15) is 5.26 Å². The molecule has 0 saturated heterocycles. The van der Waals surface area contributed by atoms with E-state index in [4.69, 9.17) is 10.2 Å². The third kappa shape index (κ3) is 4.43. The molecule has 0 aliphatic heterocycles. The van der Waals surface area contributed by atoms with Gasteiger partial charge in [-0.3, -0.25) is 14.7 Å².